The summed E-state index contributed by atoms with van der Waals surface area (Å²) in [7, 11) is 3.17. The van der Waals surface area contributed by atoms with E-state index in [2.05, 4.69) is 5.32 Å². The van der Waals surface area contributed by atoms with Crippen molar-refractivity contribution in [3.8, 4) is 17.2 Å². The lowest BCUT2D eigenvalue weighted by Crippen LogP contribution is -2.35. The minimum Gasteiger partial charge on any atom is -0.497 e. The van der Waals surface area contributed by atoms with E-state index in [1.807, 2.05) is 12.1 Å². The Balaban J connectivity index is 1.50. The fraction of sp³-hybridized carbons (Fsp3) is 0.364. The molecule has 0 radical (unpaired) electrons. The lowest BCUT2D eigenvalue weighted by molar-refractivity contribution is -0.142. The fourth-order valence-corrected chi connectivity index (χ4v) is 3.88. The maximum Gasteiger partial charge on any atom is 0.330 e. The van der Waals surface area contributed by atoms with E-state index in [0.717, 1.165) is 23.3 Å². The van der Waals surface area contributed by atoms with E-state index in [1.54, 1.807) is 38.5 Å². The number of amides is 1. The molecular weight excluding hydrogens is 374 g/mol. The van der Waals surface area contributed by atoms with Gasteiger partial charge < -0.3 is 24.6 Å². The molecule has 1 aliphatic heterocycles. The lowest BCUT2D eigenvalue weighted by atomic mass is 10.0. The van der Waals surface area contributed by atoms with Crippen LogP contribution in [0.2, 0.25) is 0 Å². The first-order valence-electron chi connectivity index (χ1n) is 9.52. The Hall–Kier alpha value is -3.22. The van der Waals surface area contributed by atoms with Gasteiger partial charge in [0, 0.05) is 23.8 Å². The normalized spacial score (nSPS) is 20.2. The Bertz CT molecular complexity index is 956. The van der Waals surface area contributed by atoms with Crippen LogP contribution in [0.3, 0.4) is 0 Å². The number of aliphatic carboxylic acids is 1. The second-order valence-corrected chi connectivity index (χ2v) is 7.30. The molecule has 7 heteroatoms. The monoisotopic (exact) mass is 397 g/mol. The molecule has 2 aromatic rings. The van der Waals surface area contributed by atoms with Gasteiger partial charge in [0.25, 0.3) is 0 Å². The van der Waals surface area contributed by atoms with Crippen LogP contribution >= 0.6 is 0 Å². The van der Waals surface area contributed by atoms with Crippen molar-refractivity contribution in [1.82, 2.24) is 5.32 Å². The van der Waals surface area contributed by atoms with Crippen molar-refractivity contribution < 1.29 is 28.9 Å². The highest BCUT2D eigenvalue weighted by atomic mass is 16.5. The van der Waals surface area contributed by atoms with Crippen LogP contribution in [0, 0.1) is 5.92 Å². The summed E-state index contributed by atoms with van der Waals surface area (Å²) in [6.45, 7) is 0.592. The van der Waals surface area contributed by atoms with Gasteiger partial charge in [-0.2, -0.15) is 0 Å². The van der Waals surface area contributed by atoms with Gasteiger partial charge >= 0.3 is 5.97 Å². The van der Waals surface area contributed by atoms with Crippen molar-refractivity contribution in [3.63, 3.8) is 0 Å². The number of fused-ring (bicyclic) bond motifs is 1. The van der Waals surface area contributed by atoms with Crippen molar-refractivity contribution in [2.24, 2.45) is 5.92 Å². The molecule has 3 unspecified atom stereocenters. The summed E-state index contributed by atoms with van der Waals surface area (Å²) in [6, 6.07) is 9.65. The van der Waals surface area contributed by atoms with Crippen LogP contribution in [-0.2, 0) is 16.0 Å². The molecule has 0 saturated heterocycles. The first kappa shape index (κ1) is 19.1. The highest BCUT2D eigenvalue weighted by molar-refractivity contribution is 5.88. The molecule has 0 bridgehead atoms. The van der Waals surface area contributed by atoms with Crippen LogP contribution in [0.15, 0.2) is 36.4 Å². The van der Waals surface area contributed by atoms with Crippen LogP contribution in [0.1, 0.15) is 35.1 Å². The minimum absolute atomic E-state index is 0.0251. The fourth-order valence-electron chi connectivity index (χ4n) is 3.88. The maximum absolute atomic E-state index is 12.8. The molecule has 3 atom stereocenters. The Morgan fingerprint density at radius 3 is 2.72 bits per heavy atom. The van der Waals surface area contributed by atoms with Crippen molar-refractivity contribution >= 4 is 11.9 Å². The quantitative estimate of drug-likeness (QED) is 0.746. The SMILES string of the molecule is COc1ccc(OC)c(C2CC2C(=O)NC(C(=O)O)c2ccc3c(c2)CCO3)c1. The van der Waals surface area contributed by atoms with Gasteiger partial charge in [-0.05, 0) is 47.9 Å². The third kappa shape index (κ3) is 3.72. The van der Waals surface area contributed by atoms with Crippen molar-refractivity contribution in [1.29, 1.82) is 0 Å². The second-order valence-electron chi connectivity index (χ2n) is 7.30. The highest BCUT2D eigenvalue weighted by Gasteiger charge is 2.46. The van der Waals surface area contributed by atoms with E-state index in [0.29, 0.717) is 30.1 Å². The van der Waals surface area contributed by atoms with Crippen LogP contribution in [0.25, 0.3) is 0 Å². The van der Waals surface area contributed by atoms with Gasteiger partial charge in [0.05, 0.1) is 20.8 Å². The Kier molecular flexibility index (Phi) is 5.05. The number of hydrogen-bond donors (Lipinski definition) is 2. The van der Waals surface area contributed by atoms with Gasteiger partial charge in [-0.15, -0.1) is 0 Å². The molecule has 0 spiro atoms. The van der Waals surface area contributed by atoms with Gasteiger partial charge in [0.2, 0.25) is 5.91 Å². The number of benzene rings is 2. The molecule has 4 rings (SSSR count). The molecule has 2 N–H and O–H groups in total. The van der Waals surface area contributed by atoms with Gasteiger partial charge in [0.1, 0.15) is 17.2 Å². The zero-order valence-corrected chi connectivity index (χ0v) is 16.3. The smallest absolute Gasteiger partial charge is 0.330 e. The number of carboxylic acids is 1. The molecule has 1 heterocycles. The number of ether oxygens (including phenoxy) is 3. The summed E-state index contributed by atoms with van der Waals surface area (Å²) >= 11 is 0. The van der Waals surface area contributed by atoms with Gasteiger partial charge in [-0.1, -0.05) is 6.07 Å². The molecule has 29 heavy (non-hydrogen) atoms. The summed E-state index contributed by atoms with van der Waals surface area (Å²) < 4.78 is 16.2. The van der Waals surface area contributed by atoms with Crippen LogP contribution in [0.5, 0.6) is 17.2 Å². The van der Waals surface area contributed by atoms with Crippen LogP contribution in [0.4, 0.5) is 0 Å². The molecule has 7 nitrogen and oxygen atoms in total. The van der Waals surface area contributed by atoms with Crippen molar-refractivity contribution in [3.05, 3.63) is 53.1 Å². The summed E-state index contributed by atoms with van der Waals surface area (Å²) in [6.07, 6.45) is 1.38. The molecule has 2 aromatic carbocycles. The average molecular weight is 397 g/mol. The number of methoxy groups -OCH3 is 2. The van der Waals surface area contributed by atoms with Crippen LogP contribution < -0.4 is 19.5 Å². The average Bonchev–Trinajstić information content (AvgIpc) is 3.40. The van der Waals surface area contributed by atoms with Crippen molar-refractivity contribution in [2.45, 2.75) is 24.8 Å². The highest BCUT2D eigenvalue weighted by Crippen LogP contribution is 2.51. The van der Waals surface area contributed by atoms with Gasteiger partial charge in [-0.25, -0.2) is 4.79 Å². The van der Waals surface area contributed by atoms with Crippen LogP contribution in [-0.4, -0.2) is 37.8 Å². The number of carbonyl (C=O) groups is 2. The predicted octanol–water partition coefficient (Wildman–Crippen LogP) is 2.68. The third-order valence-electron chi connectivity index (χ3n) is 5.54. The Labute approximate surface area is 168 Å². The largest absolute Gasteiger partial charge is 0.497 e. The number of rotatable bonds is 7. The minimum atomic E-state index is -1.10. The first-order valence-corrected chi connectivity index (χ1v) is 9.52. The van der Waals surface area contributed by atoms with E-state index in [9.17, 15) is 14.7 Å². The zero-order valence-electron chi connectivity index (χ0n) is 16.3. The van der Waals surface area contributed by atoms with E-state index in [1.165, 1.54) is 0 Å². The third-order valence-corrected chi connectivity index (χ3v) is 5.54. The molecular formula is C22H23NO6. The predicted molar refractivity (Wildman–Crippen MR) is 105 cm³/mol. The van der Waals surface area contributed by atoms with Gasteiger partial charge in [-0.3, -0.25) is 4.79 Å². The summed E-state index contributed by atoms with van der Waals surface area (Å²) in [5, 5.41) is 12.4. The van der Waals surface area contributed by atoms with E-state index in [-0.39, 0.29) is 17.7 Å². The Morgan fingerprint density at radius 1 is 1.17 bits per heavy atom. The topological polar surface area (TPSA) is 94.1 Å². The lowest BCUT2D eigenvalue weighted by Gasteiger charge is -2.16. The molecule has 0 aromatic heterocycles. The number of carbonyl (C=O) groups excluding carboxylic acids is 1. The zero-order chi connectivity index (χ0) is 20.5. The Morgan fingerprint density at radius 2 is 2.00 bits per heavy atom. The standard InChI is InChI=1S/C22H23NO6/c1-27-14-4-6-19(28-2)16(10-14)15-11-17(15)21(24)23-20(22(25)26)13-3-5-18-12(9-13)7-8-29-18/h3-6,9-10,15,17,20H,7-8,11H2,1-2H3,(H,23,24)(H,25,26). The van der Waals surface area contributed by atoms with E-state index < -0.39 is 12.0 Å². The van der Waals surface area contributed by atoms with Crippen molar-refractivity contribution in [2.75, 3.05) is 20.8 Å². The molecule has 1 fully saturated rings. The molecule has 1 amide bonds. The summed E-state index contributed by atoms with van der Waals surface area (Å²) in [4.78, 5) is 24.6. The van der Waals surface area contributed by atoms with Gasteiger partial charge in [0.15, 0.2) is 6.04 Å². The summed E-state index contributed by atoms with van der Waals surface area (Å²) in [5.74, 6) is 0.475. The number of carboxylic acid groups (broad SMARTS) is 1. The number of nitrogens with one attached hydrogen (secondary N) is 1. The molecule has 2 aliphatic rings. The number of hydrogen-bond acceptors (Lipinski definition) is 5. The molecule has 152 valence electrons. The second kappa shape index (κ2) is 7.66. The summed E-state index contributed by atoms with van der Waals surface area (Å²) in [5.41, 5.74) is 2.41. The van der Waals surface area contributed by atoms with E-state index >= 15 is 0 Å². The van der Waals surface area contributed by atoms with E-state index in [4.69, 9.17) is 14.2 Å². The molecule has 1 aliphatic carbocycles. The molecule has 1 saturated carbocycles. The maximum atomic E-state index is 12.8. The first-order chi connectivity index (χ1) is 14.0.